The molecule has 1 aliphatic heterocycles. The van der Waals surface area contributed by atoms with Crippen molar-refractivity contribution in [3.63, 3.8) is 0 Å². The second-order valence-electron chi connectivity index (χ2n) is 4.41. The van der Waals surface area contributed by atoms with E-state index in [9.17, 15) is 4.79 Å². The molecule has 1 saturated heterocycles. The van der Waals surface area contributed by atoms with Crippen LogP contribution in [0.1, 0.15) is 18.1 Å². The van der Waals surface area contributed by atoms with Crippen molar-refractivity contribution in [1.29, 1.82) is 0 Å². The second kappa shape index (κ2) is 5.29. The van der Waals surface area contributed by atoms with E-state index >= 15 is 0 Å². The van der Waals surface area contributed by atoms with Crippen LogP contribution in [0.15, 0.2) is 24.3 Å². The maximum Gasteiger partial charge on any atom is 0.237 e. The van der Waals surface area contributed by atoms with E-state index < -0.39 is 0 Å². The average Bonchev–Trinajstić information content (AvgIpc) is 2.35. The van der Waals surface area contributed by atoms with Crippen LogP contribution in [0.25, 0.3) is 0 Å². The maximum atomic E-state index is 11.6. The Hall–Kier alpha value is -1.39. The van der Waals surface area contributed by atoms with E-state index in [4.69, 9.17) is 5.73 Å². The van der Waals surface area contributed by atoms with Crippen LogP contribution in [0.5, 0.6) is 0 Å². The fraction of sp³-hybridized carbons (Fsp3) is 0.462. The molecule has 1 unspecified atom stereocenters. The quantitative estimate of drug-likeness (QED) is 0.797. The smallest absolute Gasteiger partial charge is 0.237 e. The zero-order valence-electron chi connectivity index (χ0n) is 10.1. The number of carbonyl (C=O) groups is 1. The predicted octanol–water partition coefficient (Wildman–Crippen LogP) is 0.466. The first-order valence-corrected chi connectivity index (χ1v) is 6.01. The molecule has 4 nitrogen and oxygen atoms in total. The van der Waals surface area contributed by atoms with Crippen molar-refractivity contribution in [3.05, 3.63) is 35.4 Å². The van der Waals surface area contributed by atoms with E-state index in [2.05, 4.69) is 16.3 Å². The second-order valence-corrected chi connectivity index (χ2v) is 4.41. The molecule has 0 radical (unpaired) electrons. The fourth-order valence-electron chi connectivity index (χ4n) is 2.18. The molecule has 3 N–H and O–H groups in total. The van der Waals surface area contributed by atoms with Gasteiger partial charge in [0.15, 0.2) is 0 Å². The molecule has 1 aromatic rings. The molecule has 0 aromatic heterocycles. The van der Waals surface area contributed by atoms with Gasteiger partial charge >= 0.3 is 0 Å². The van der Waals surface area contributed by atoms with Gasteiger partial charge in [-0.3, -0.25) is 9.69 Å². The van der Waals surface area contributed by atoms with Crippen LogP contribution in [0.4, 0.5) is 0 Å². The molecule has 4 heteroatoms. The molecule has 1 atom stereocenters. The summed E-state index contributed by atoms with van der Waals surface area (Å²) in [6.07, 6.45) is 0. The third-order valence-electron chi connectivity index (χ3n) is 3.34. The van der Waals surface area contributed by atoms with Gasteiger partial charge in [0.2, 0.25) is 5.91 Å². The summed E-state index contributed by atoms with van der Waals surface area (Å²) in [5, 5.41) is 2.87. The van der Waals surface area contributed by atoms with Crippen LogP contribution in [0.3, 0.4) is 0 Å². The Bertz CT molecular complexity index is 405. The average molecular weight is 233 g/mol. The Morgan fingerprint density at radius 1 is 1.41 bits per heavy atom. The highest BCUT2D eigenvalue weighted by Gasteiger charge is 2.25. The Morgan fingerprint density at radius 3 is 2.82 bits per heavy atom. The number of amides is 1. The zero-order valence-corrected chi connectivity index (χ0v) is 10.1. The Kier molecular flexibility index (Phi) is 3.76. The lowest BCUT2D eigenvalue weighted by molar-refractivity contribution is -0.128. The molecule has 1 amide bonds. The van der Waals surface area contributed by atoms with E-state index in [1.165, 1.54) is 5.56 Å². The van der Waals surface area contributed by atoms with Crippen molar-refractivity contribution in [1.82, 2.24) is 10.2 Å². The lowest BCUT2D eigenvalue weighted by Gasteiger charge is -2.33. The summed E-state index contributed by atoms with van der Waals surface area (Å²) in [4.78, 5) is 13.8. The van der Waals surface area contributed by atoms with E-state index in [0.29, 0.717) is 6.54 Å². The van der Waals surface area contributed by atoms with Gasteiger partial charge in [0.05, 0.1) is 6.04 Å². The van der Waals surface area contributed by atoms with Crippen LogP contribution in [0, 0.1) is 0 Å². The minimum atomic E-state index is -0.0606. The van der Waals surface area contributed by atoms with Gasteiger partial charge in [-0.25, -0.2) is 0 Å². The summed E-state index contributed by atoms with van der Waals surface area (Å²) in [7, 11) is 0. The summed E-state index contributed by atoms with van der Waals surface area (Å²) in [6, 6.07) is 8.08. The number of hydrogen-bond acceptors (Lipinski definition) is 3. The van der Waals surface area contributed by atoms with Crippen molar-refractivity contribution >= 4 is 5.91 Å². The van der Waals surface area contributed by atoms with Crippen LogP contribution >= 0.6 is 0 Å². The number of benzene rings is 1. The molecule has 0 spiro atoms. The van der Waals surface area contributed by atoms with Gasteiger partial charge in [-0.2, -0.15) is 0 Å². The van der Waals surface area contributed by atoms with Crippen LogP contribution in [0.2, 0.25) is 0 Å². The molecule has 0 bridgehead atoms. The van der Waals surface area contributed by atoms with Crippen LogP contribution in [-0.4, -0.2) is 29.9 Å². The number of rotatable bonds is 3. The number of piperazine rings is 1. The molecular weight excluding hydrogens is 214 g/mol. The van der Waals surface area contributed by atoms with Crippen LogP contribution in [-0.2, 0) is 17.9 Å². The molecular formula is C13H19N3O. The number of nitrogens with two attached hydrogens (primary N) is 1. The van der Waals surface area contributed by atoms with Gasteiger partial charge in [-0.15, -0.1) is 0 Å². The van der Waals surface area contributed by atoms with Crippen molar-refractivity contribution in [2.45, 2.75) is 26.1 Å². The predicted molar refractivity (Wildman–Crippen MR) is 67.2 cm³/mol. The summed E-state index contributed by atoms with van der Waals surface area (Å²) >= 11 is 0. The summed E-state index contributed by atoms with van der Waals surface area (Å²) in [5.74, 6) is 0.112. The van der Waals surface area contributed by atoms with Gasteiger partial charge < -0.3 is 11.1 Å². The van der Waals surface area contributed by atoms with E-state index in [0.717, 1.165) is 25.2 Å². The van der Waals surface area contributed by atoms with Crippen molar-refractivity contribution in [3.8, 4) is 0 Å². The molecule has 1 fully saturated rings. The van der Waals surface area contributed by atoms with Gasteiger partial charge in [0.1, 0.15) is 0 Å². The molecule has 0 saturated carbocycles. The highest BCUT2D eigenvalue weighted by atomic mass is 16.2. The fourth-order valence-corrected chi connectivity index (χ4v) is 2.18. The van der Waals surface area contributed by atoms with E-state index in [1.54, 1.807) is 0 Å². The summed E-state index contributed by atoms with van der Waals surface area (Å²) in [6.45, 7) is 4.91. The monoisotopic (exact) mass is 233 g/mol. The Morgan fingerprint density at radius 2 is 2.12 bits per heavy atom. The minimum Gasteiger partial charge on any atom is -0.353 e. The number of nitrogens with zero attached hydrogens (tertiary/aromatic N) is 1. The van der Waals surface area contributed by atoms with E-state index in [1.807, 2.05) is 25.1 Å². The Labute approximate surface area is 102 Å². The normalized spacial score (nSPS) is 21.3. The first kappa shape index (κ1) is 12.1. The number of nitrogens with one attached hydrogen (secondary N) is 1. The van der Waals surface area contributed by atoms with Crippen LogP contribution < -0.4 is 11.1 Å². The lowest BCUT2D eigenvalue weighted by atomic mass is 10.1. The topological polar surface area (TPSA) is 58.4 Å². The molecule has 92 valence electrons. The zero-order chi connectivity index (χ0) is 12.3. The van der Waals surface area contributed by atoms with Crippen molar-refractivity contribution in [2.24, 2.45) is 5.73 Å². The molecule has 1 aromatic carbocycles. The molecule has 2 rings (SSSR count). The van der Waals surface area contributed by atoms with Crippen molar-refractivity contribution < 1.29 is 4.79 Å². The highest BCUT2D eigenvalue weighted by Crippen LogP contribution is 2.14. The summed E-state index contributed by atoms with van der Waals surface area (Å²) < 4.78 is 0. The molecule has 0 aliphatic carbocycles. The largest absolute Gasteiger partial charge is 0.353 e. The molecule has 1 aliphatic rings. The SMILES string of the molecule is CC1C(=O)NCCN1Cc1ccccc1CN. The molecule has 17 heavy (non-hydrogen) atoms. The number of hydrogen-bond donors (Lipinski definition) is 2. The molecule has 1 heterocycles. The van der Waals surface area contributed by atoms with Gasteiger partial charge in [-0.1, -0.05) is 24.3 Å². The highest BCUT2D eigenvalue weighted by molar-refractivity contribution is 5.81. The third kappa shape index (κ3) is 2.65. The first-order chi connectivity index (χ1) is 8.22. The van der Waals surface area contributed by atoms with Crippen molar-refractivity contribution in [2.75, 3.05) is 13.1 Å². The minimum absolute atomic E-state index is 0.0606. The standard InChI is InChI=1S/C13H19N3O/c1-10-13(17)15-6-7-16(10)9-12-5-3-2-4-11(12)8-14/h2-5,10H,6-9,14H2,1H3,(H,15,17). The van der Waals surface area contributed by atoms with Gasteiger partial charge in [0.25, 0.3) is 0 Å². The maximum absolute atomic E-state index is 11.6. The third-order valence-corrected chi connectivity index (χ3v) is 3.34. The Balaban J connectivity index is 2.12. The van der Waals surface area contributed by atoms with Gasteiger partial charge in [0, 0.05) is 26.2 Å². The van der Waals surface area contributed by atoms with E-state index in [-0.39, 0.29) is 11.9 Å². The summed E-state index contributed by atoms with van der Waals surface area (Å²) in [5.41, 5.74) is 8.10. The number of carbonyl (C=O) groups excluding carboxylic acids is 1. The van der Waals surface area contributed by atoms with Gasteiger partial charge in [-0.05, 0) is 18.1 Å². The first-order valence-electron chi connectivity index (χ1n) is 6.01. The lowest BCUT2D eigenvalue weighted by Crippen LogP contribution is -2.53.